The maximum Gasteiger partial charge on any atom is 0.131 e. The summed E-state index contributed by atoms with van der Waals surface area (Å²) in [4.78, 5) is 6.69. The molecular formula is C16H20ClN3. The molecule has 2 aromatic rings. The van der Waals surface area contributed by atoms with Crippen LogP contribution >= 0.6 is 11.6 Å². The first-order valence-electron chi connectivity index (χ1n) is 6.66. The molecule has 0 bridgehead atoms. The maximum atomic E-state index is 6.21. The highest BCUT2D eigenvalue weighted by Crippen LogP contribution is 2.22. The number of halogens is 1. The number of hydrogen-bond donors (Lipinski definition) is 1. The van der Waals surface area contributed by atoms with Crippen LogP contribution in [0.3, 0.4) is 0 Å². The highest BCUT2D eigenvalue weighted by Gasteiger charge is 2.09. The van der Waals surface area contributed by atoms with Gasteiger partial charge in [0.15, 0.2) is 0 Å². The van der Waals surface area contributed by atoms with Gasteiger partial charge in [0.25, 0.3) is 0 Å². The van der Waals surface area contributed by atoms with Crippen LogP contribution in [-0.4, -0.2) is 19.1 Å². The van der Waals surface area contributed by atoms with Crippen LogP contribution in [0.4, 0.5) is 5.82 Å². The van der Waals surface area contributed by atoms with Crippen molar-refractivity contribution in [2.24, 2.45) is 0 Å². The lowest BCUT2D eigenvalue weighted by Gasteiger charge is -2.21. The molecule has 1 N–H and O–H groups in total. The Morgan fingerprint density at radius 3 is 2.70 bits per heavy atom. The first kappa shape index (κ1) is 14.8. The Bertz CT molecular complexity index is 584. The van der Waals surface area contributed by atoms with E-state index in [9.17, 15) is 0 Å². The monoisotopic (exact) mass is 289 g/mol. The molecule has 1 aromatic heterocycles. The molecule has 0 unspecified atom stereocenters. The van der Waals surface area contributed by atoms with E-state index in [0.717, 1.165) is 29.5 Å². The van der Waals surface area contributed by atoms with Crippen LogP contribution in [-0.2, 0) is 13.1 Å². The van der Waals surface area contributed by atoms with Crippen LogP contribution in [0.2, 0.25) is 5.02 Å². The third kappa shape index (κ3) is 3.50. The Balaban J connectivity index is 2.17. The van der Waals surface area contributed by atoms with Gasteiger partial charge in [-0.25, -0.2) is 4.98 Å². The van der Waals surface area contributed by atoms with Crippen LogP contribution in [0.1, 0.15) is 16.7 Å². The molecule has 3 nitrogen and oxygen atoms in total. The molecule has 0 fully saturated rings. The van der Waals surface area contributed by atoms with E-state index in [-0.39, 0.29) is 0 Å². The standard InChI is InChI=1S/C16H20ClN3/c1-12-8-13(9-18-2)10-19-16(12)20(3)11-14-6-4-5-7-15(14)17/h4-8,10,18H,9,11H2,1-3H3. The summed E-state index contributed by atoms with van der Waals surface area (Å²) >= 11 is 6.21. The molecular weight excluding hydrogens is 270 g/mol. The van der Waals surface area contributed by atoms with Gasteiger partial charge >= 0.3 is 0 Å². The molecule has 0 aliphatic carbocycles. The van der Waals surface area contributed by atoms with Crippen LogP contribution in [0.15, 0.2) is 36.5 Å². The van der Waals surface area contributed by atoms with Crippen molar-refractivity contribution in [1.29, 1.82) is 0 Å². The van der Waals surface area contributed by atoms with E-state index in [1.165, 1.54) is 11.1 Å². The second-order valence-electron chi connectivity index (χ2n) is 4.96. The molecule has 1 aromatic carbocycles. The summed E-state index contributed by atoms with van der Waals surface area (Å²) in [6.45, 7) is 3.67. The van der Waals surface area contributed by atoms with E-state index in [4.69, 9.17) is 11.6 Å². The molecule has 1 heterocycles. The molecule has 0 aliphatic rings. The quantitative estimate of drug-likeness (QED) is 0.914. The summed E-state index contributed by atoms with van der Waals surface area (Å²) in [5, 5.41) is 3.93. The normalized spacial score (nSPS) is 10.6. The lowest BCUT2D eigenvalue weighted by Crippen LogP contribution is -2.19. The fourth-order valence-electron chi connectivity index (χ4n) is 2.28. The molecule has 0 spiro atoms. The number of nitrogens with zero attached hydrogens (tertiary/aromatic N) is 2. The van der Waals surface area contributed by atoms with Gasteiger partial charge in [0.1, 0.15) is 5.82 Å². The predicted octanol–water partition coefficient (Wildman–Crippen LogP) is 3.40. The fourth-order valence-corrected chi connectivity index (χ4v) is 2.48. The SMILES string of the molecule is CNCc1cnc(N(C)Cc2ccccc2Cl)c(C)c1. The summed E-state index contributed by atoms with van der Waals surface area (Å²) in [6.07, 6.45) is 1.92. The zero-order valence-corrected chi connectivity index (χ0v) is 12.9. The van der Waals surface area contributed by atoms with Gasteiger partial charge in [-0.1, -0.05) is 29.8 Å². The lowest BCUT2D eigenvalue weighted by molar-refractivity contribution is 0.807. The first-order valence-corrected chi connectivity index (χ1v) is 7.04. The largest absolute Gasteiger partial charge is 0.355 e. The Hall–Kier alpha value is -1.58. The van der Waals surface area contributed by atoms with Crippen molar-refractivity contribution in [3.05, 3.63) is 58.2 Å². The molecule has 0 saturated carbocycles. The third-order valence-electron chi connectivity index (χ3n) is 3.22. The van der Waals surface area contributed by atoms with E-state index >= 15 is 0 Å². The van der Waals surface area contributed by atoms with Crippen molar-refractivity contribution in [3.8, 4) is 0 Å². The molecule has 20 heavy (non-hydrogen) atoms. The second-order valence-corrected chi connectivity index (χ2v) is 5.37. The molecule has 2 rings (SSSR count). The van der Waals surface area contributed by atoms with E-state index in [2.05, 4.69) is 28.2 Å². The Kier molecular flexibility index (Phi) is 4.99. The van der Waals surface area contributed by atoms with Gasteiger partial charge in [-0.05, 0) is 42.8 Å². The van der Waals surface area contributed by atoms with Crippen LogP contribution in [0, 0.1) is 6.92 Å². The van der Waals surface area contributed by atoms with Crippen molar-refractivity contribution in [2.75, 3.05) is 19.0 Å². The smallest absolute Gasteiger partial charge is 0.131 e. The topological polar surface area (TPSA) is 28.2 Å². The number of aromatic nitrogens is 1. The Morgan fingerprint density at radius 1 is 1.30 bits per heavy atom. The molecule has 0 radical (unpaired) electrons. The van der Waals surface area contributed by atoms with Gasteiger partial charge in [0.2, 0.25) is 0 Å². The maximum absolute atomic E-state index is 6.21. The van der Waals surface area contributed by atoms with E-state index in [1.807, 2.05) is 44.6 Å². The van der Waals surface area contributed by atoms with Gasteiger partial charge < -0.3 is 10.2 Å². The molecule has 0 amide bonds. The van der Waals surface area contributed by atoms with Crippen molar-refractivity contribution in [2.45, 2.75) is 20.0 Å². The molecule has 4 heteroatoms. The van der Waals surface area contributed by atoms with Crippen molar-refractivity contribution in [1.82, 2.24) is 10.3 Å². The van der Waals surface area contributed by atoms with Gasteiger partial charge in [0.05, 0.1) is 0 Å². The summed E-state index contributed by atoms with van der Waals surface area (Å²) in [7, 11) is 3.98. The second kappa shape index (κ2) is 6.73. The lowest BCUT2D eigenvalue weighted by atomic mass is 10.1. The zero-order chi connectivity index (χ0) is 14.5. The van der Waals surface area contributed by atoms with E-state index in [0.29, 0.717) is 0 Å². The number of benzene rings is 1. The summed E-state index contributed by atoms with van der Waals surface area (Å²) in [6, 6.07) is 10.1. The van der Waals surface area contributed by atoms with Gasteiger partial charge in [0, 0.05) is 31.4 Å². The third-order valence-corrected chi connectivity index (χ3v) is 3.58. The summed E-state index contributed by atoms with van der Waals surface area (Å²) < 4.78 is 0. The zero-order valence-electron chi connectivity index (χ0n) is 12.2. The first-order chi connectivity index (χ1) is 9.61. The average Bonchev–Trinajstić information content (AvgIpc) is 2.42. The van der Waals surface area contributed by atoms with Crippen molar-refractivity contribution < 1.29 is 0 Å². The highest BCUT2D eigenvalue weighted by atomic mass is 35.5. The fraction of sp³-hybridized carbons (Fsp3) is 0.312. The van der Waals surface area contributed by atoms with E-state index in [1.54, 1.807) is 0 Å². The number of nitrogens with one attached hydrogen (secondary N) is 1. The Morgan fingerprint density at radius 2 is 2.05 bits per heavy atom. The summed E-state index contributed by atoms with van der Waals surface area (Å²) in [5.41, 5.74) is 3.48. The predicted molar refractivity (Wildman–Crippen MR) is 85.3 cm³/mol. The van der Waals surface area contributed by atoms with Gasteiger partial charge in [-0.2, -0.15) is 0 Å². The van der Waals surface area contributed by atoms with Crippen molar-refractivity contribution >= 4 is 17.4 Å². The molecule has 0 saturated heterocycles. The van der Waals surface area contributed by atoms with Crippen LogP contribution in [0.5, 0.6) is 0 Å². The van der Waals surface area contributed by atoms with E-state index < -0.39 is 0 Å². The average molecular weight is 290 g/mol. The van der Waals surface area contributed by atoms with Gasteiger partial charge in [-0.3, -0.25) is 0 Å². The summed E-state index contributed by atoms with van der Waals surface area (Å²) in [5.74, 6) is 0.991. The number of pyridine rings is 1. The number of rotatable bonds is 5. The van der Waals surface area contributed by atoms with Crippen molar-refractivity contribution in [3.63, 3.8) is 0 Å². The minimum Gasteiger partial charge on any atom is -0.355 e. The Labute approximate surface area is 125 Å². The molecule has 0 atom stereocenters. The molecule has 106 valence electrons. The van der Waals surface area contributed by atoms with Crippen LogP contribution in [0.25, 0.3) is 0 Å². The minimum atomic E-state index is 0.749. The number of hydrogen-bond acceptors (Lipinski definition) is 3. The van der Waals surface area contributed by atoms with Crippen LogP contribution < -0.4 is 10.2 Å². The highest BCUT2D eigenvalue weighted by molar-refractivity contribution is 6.31. The minimum absolute atomic E-state index is 0.749. The number of aryl methyl sites for hydroxylation is 1. The molecule has 0 aliphatic heterocycles. The number of anilines is 1. The van der Waals surface area contributed by atoms with Gasteiger partial charge in [-0.15, -0.1) is 0 Å².